The van der Waals surface area contributed by atoms with E-state index in [1.54, 1.807) is 30.3 Å². The fourth-order valence-electron chi connectivity index (χ4n) is 2.63. The van der Waals surface area contributed by atoms with E-state index in [1.807, 2.05) is 0 Å². The smallest absolute Gasteiger partial charge is 0.416 e. The van der Waals surface area contributed by atoms with Crippen molar-refractivity contribution < 1.29 is 37.0 Å². The summed E-state index contributed by atoms with van der Waals surface area (Å²) in [6, 6.07) is 12.2. The van der Waals surface area contributed by atoms with Crippen molar-refractivity contribution in [3.8, 4) is 0 Å². The predicted molar refractivity (Wildman–Crippen MR) is 98.8 cm³/mol. The molecule has 0 saturated carbocycles. The Morgan fingerprint density at radius 3 is 1.97 bits per heavy atom. The molecule has 0 aliphatic carbocycles. The summed E-state index contributed by atoms with van der Waals surface area (Å²) in [4.78, 5) is 33.1. The molecule has 1 aliphatic heterocycles. The van der Waals surface area contributed by atoms with Gasteiger partial charge in [-0.15, -0.1) is 0 Å². The molecule has 0 atom stereocenters. The fourth-order valence-corrected chi connectivity index (χ4v) is 2.63. The molecule has 0 saturated heterocycles. The van der Waals surface area contributed by atoms with Crippen molar-refractivity contribution in [2.24, 2.45) is 9.98 Å². The van der Waals surface area contributed by atoms with Crippen LogP contribution in [-0.2, 0) is 30.0 Å². The van der Waals surface area contributed by atoms with Crippen LogP contribution in [0.25, 0.3) is 0 Å². The van der Waals surface area contributed by atoms with Gasteiger partial charge in [0.2, 0.25) is 5.90 Å². The third-order valence-electron chi connectivity index (χ3n) is 4.13. The van der Waals surface area contributed by atoms with Crippen LogP contribution in [0.15, 0.2) is 64.6 Å². The Morgan fingerprint density at radius 1 is 0.900 bits per heavy atom. The first-order chi connectivity index (χ1) is 14.2. The van der Waals surface area contributed by atoms with Gasteiger partial charge in [0, 0.05) is 11.1 Å². The highest BCUT2D eigenvalue weighted by atomic mass is 19.4. The van der Waals surface area contributed by atoms with Gasteiger partial charge in [-0.25, -0.2) is 9.59 Å². The first-order valence-corrected chi connectivity index (χ1v) is 8.48. The maximum Gasteiger partial charge on any atom is 0.416 e. The quantitative estimate of drug-likeness (QED) is 0.561. The van der Waals surface area contributed by atoms with Gasteiger partial charge < -0.3 is 14.2 Å². The van der Waals surface area contributed by atoms with Crippen LogP contribution >= 0.6 is 0 Å². The molecule has 0 N–H and O–H groups in total. The second-order valence-corrected chi connectivity index (χ2v) is 6.02. The molecule has 10 heteroatoms. The van der Waals surface area contributed by atoms with Gasteiger partial charge in [0.05, 0.1) is 19.8 Å². The molecule has 1 heterocycles. The second-order valence-electron chi connectivity index (χ2n) is 6.02. The predicted octanol–water partition coefficient (Wildman–Crippen LogP) is 2.97. The van der Waals surface area contributed by atoms with Crippen LogP contribution in [0.2, 0.25) is 0 Å². The number of aliphatic imine (C=N–C) groups is 2. The highest BCUT2D eigenvalue weighted by Crippen LogP contribution is 2.31. The zero-order valence-electron chi connectivity index (χ0n) is 15.8. The van der Waals surface area contributed by atoms with Gasteiger partial charge in [-0.05, 0) is 24.3 Å². The van der Waals surface area contributed by atoms with Crippen molar-refractivity contribution in [1.29, 1.82) is 0 Å². The lowest BCUT2D eigenvalue weighted by atomic mass is 10.1. The molecular weight excluding hydrogens is 405 g/mol. The van der Waals surface area contributed by atoms with E-state index in [9.17, 15) is 22.8 Å². The lowest BCUT2D eigenvalue weighted by molar-refractivity contribution is -0.177. The molecule has 0 fully saturated rings. The molecule has 2 aromatic rings. The average molecular weight is 420 g/mol. The van der Waals surface area contributed by atoms with E-state index in [0.717, 1.165) is 38.5 Å². The fraction of sp³-hybridized carbons (Fsp3) is 0.200. The number of alkyl halides is 3. The summed E-state index contributed by atoms with van der Waals surface area (Å²) in [7, 11) is 2.05. The van der Waals surface area contributed by atoms with Gasteiger partial charge in [-0.1, -0.05) is 30.3 Å². The molecule has 1 aliphatic rings. The van der Waals surface area contributed by atoms with E-state index < -0.39 is 29.4 Å². The summed E-state index contributed by atoms with van der Waals surface area (Å²) < 4.78 is 53.5. The second kappa shape index (κ2) is 7.97. The van der Waals surface area contributed by atoms with Gasteiger partial charge >= 0.3 is 23.8 Å². The summed E-state index contributed by atoms with van der Waals surface area (Å²) in [6.07, 6.45) is -4.53. The van der Waals surface area contributed by atoms with Crippen LogP contribution in [0, 0.1) is 0 Å². The zero-order valence-corrected chi connectivity index (χ0v) is 15.8. The minimum Gasteiger partial charge on any atom is -0.464 e. The van der Waals surface area contributed by atoms with Gasteiger partial charge in [-0.2, -0.15) is 23.2 Å². The highest BCUT2D eigenvalue weighted by Gasteiger charge is 2.55. The zero-order chi connectivity index (χ0) is 21.9. The van der Waals surface area contributed by atoms with E-state index in [1.165, 1.54) is 0 Å². The summed E-state index contributed by atoms with van der Waals surface area (Å²) in [5.41, 5.74) is -2.92. The number of benzene rings is 2. The molecule has 0 aromatic heterocycles. The van der Waals surface area contributed by atoms with Crippen LogP contribution in [0.3, 0.4) is 0 Å². The number of amidine groups is 1. The summed E-state index contributed by atoms with van der Waals surface area (Å²) in [5, 5.41) is 0. The summed E-state index contributed by atoms with van der Waals surface area (Å²) in [5.74, 6) is -2.72. The van der Waals surface area contributed by atoms with Crippen molar-refractivity contribution in [3.05, 3.63) is 71.3 Å². The molecule has 0 amide bonds. The number of carbonyl (C=O) groups excluding carboxylic acids is 2. The first kappa shape index (κ1) is 21.0. The molecule has 3 rings (SSSR count). The third-order valence-corrected chi connectivity index (χ3v) is 4.13. The Balaban J connectivity index is 2.18. The molecule has 0 radical (unpaired) electrons. The number of methoxy groups -OCH3 is 2. The minimum atomic E-state index is -4.53. The minimum absolute atomic E-state index is 0.122. The number of hydrogen-bond donors (Lipinski definition) is 0. The molecule has 0 unspecified atom stereocenters. The largest absolute Gasteiger partial charge is 0.464 e. The Morgan fingerprint density at radius 2 is 1.47 bits per heavy atom. The van der Waals surface area contributed by atoms with Crippen LogP contribution in [-0.4, -0.2) is 43.6 Å². The van der Waals surface area contributed by atoms with Gasteiger partial charge in [0.25, 0.3) is 0 Å². The molecule has 0 spiro atoms. The Labute approximate surface area is 168 Å². The molecule has 156 valence electrons. The Hall–Kier alpha value is -3.69. The number of carbonyl (C=O) groups is 2. The monoisotopic (exact) mass is 420 g/mol. The van der Waals surface area contributed by atoms with Crippen molar-refractivity contribution in [1.82, 2.24) is 0 Å². The summed E-state index contributed by atoms with van der Waals surface area (Å²) in [6.45, 7) is 0. The highest BCUT2D eigenvalue weighted by molar-refractivity contribution is 6.17. The average Bonchev–Trinajstić information content (AvgIpc) is 2.77. The Kier molecular flexibility index (Phi) is 5.59. The lowest BCUT2D eigenvalue weighted by Gasteiger charge is -2.29. The topological polar surface area (TPSA) is 86.6 Å². The first-order valence-electron chi connectivity index (χ1n) is 8.48. The maximum atomic E-state index is 12.9. The van der Waals surface area contributed by atoms with Crippen LogP contribution in [0.5, 0.6) is 0 Å². The standard InChI is InChI=1S/C20H15F3N2O5/c1-28-17(26)19(18(27)29-2)25-15(12-8-10-14(11-9-12)20(21,22)23)24-16(30-19)13-6-4-3-5-7-13/h3-11H,1-2H3. The van der Waals surface area contributed by atoms with E-state index in [4.69, 9.17) is 4.74 Å². The van der Waals surface area contributed by atoms with Crippen LogP contribution in [0.4, 0.5) is 13.2 Å². The molecule has 30 heavy (non-hydrogen) atoms. The molecule has 7 nitrogen and oxygen atoms in total. The molecule has 0 bridgehead atoms. The maximum absolute atomic E-state index is 12.9. The number of halogens is 3. The van der Waals surface area contributed by atoms with Crippen LogP contribution < -0.4 is 0 Å². The van der Waals surface area contributed by atoms with Crippen molar-refractivity contribution in [2.75, 3.05) is 14.2 Å². The van der Waals surface area contributed by atoms with Crippen LogP contribution in [0.1, 0.15) is 16.7 Å². The van der Waals surface area contributed by atoms with Crippen molar-refractivity contribution >= 4 is 23.7 Å². The number of esters is 2. The third kappa shape index (κ3) is 3.88. The van der Waals surface area contributed by atoms with Crippen molar-refractivity contribution in [2.45, 2.75) is 11.9 Å². The molecule has 2 aromatic carbocycles. The number of ether oxygens (including phenoxy) is 3. The van der Waals surface area contributed by atoms with Gasteiger partial charge in [-0.3, -0.25) is 0 Å². The number of hydrogen-bond acceptors (Lipinski definition) is 7. The van der Waals surface area contributed by atoms with E-state index >= 15 is 0 Å². The van der Waals surface area contributed by atoms with E-state index in [-0.39, 0.29) is 17.3 Å². The van der Waals surface area contributed by atoms with Gasteiger partial charge in [0.1, 0.15) is 0 Å². The van der Waals surface area contributed by atoms with Crippen molar-refractivity contribution in [3.63, 3.8) is 0 Å². The van der Waals surface area contributed by atoms with Gasteiger partial charge in [0.15, 0.2) is 5.84 Å². The Bertz CT molecular complexity index is 999. The number of nitrogens with zero attached hydrogens (tertiary/aromatic N) is 2. The number of rotatable bonds is 4. The normalized spacial score (nSPS) is 15.4. The lowest BCUT2D eigenvalue weighted by Crippen LogP contribution is -2.52. The molecular formula is C20H15F3N2O5. The van der Waals surface area contributed by atoms with E-state index in [0.29, 0.717) is 5.56 Å². The summed E-state index contributed by atoms with van der Waals surface area (Å²) >= 11 is 0. The SMILES string of the molecule is COC(=O)C1(C(=O)OC)N=C(c2ccc(C(F)(F)F)cc2)N=C(c2ccccc2)O1. The van der Waals surface area contributed by atoms with E-state index in [2.05, 4.69) is 19.5 Å².